The Morgan fingerprint density at radius 1 is 1.30 bits per heavy atom. The molecule has 0 N–H and O–H groups in total. The van der Waals surface area contributed by atoms with Crippen LogP contribution in [0.5, 0.6) is 0 Å². The van der Waals surface area contributed by atoms with E-state index in [1.807, 2.05) is 0 Å². The van der Waals surface area contributed by atoms with Crippen molar-refractivity contribution in [3.63, 3.8) is 0 Å². The van der Waals surface area contributed by atoms with Gasteiger partial charge in [0.15, 0.2) is 0 Å². The van der Waals surface area contributed by atoms with Crippen LogP contribution in [0.1, 0.15) is 20.8 Å². The quantitative estimate of drug-likeness (QED) is 0.484. The van der Waals surface area contributed by atoms with Gasteiger partial charge < -0.3 is 0 Å². The van der Waals surface area contributed by atoms with Crippen LogP contribution in [0.25, 0.3) is 0 Å². The van der Waals surface area contributed by atoms with Crippen molar-refractivity contribution in [2.75, 3.05) is 0 Å². The van der Waals surface area contributed by atoms with Crippen LogP contribution in [0, 0.1) is 0 Å². The first-order valence-electron chi connectivity index (χ1n) is 2.56. The average Bonchev–Trinajstić information content (AvgIpc) is 1.59. The molecule has 0 aromatic heterocycles. The van der Waals surface area contributed by atoms with E-state index < -0.39 is 14.8 Å². The van der Waals surface area contributed by atoms with E-state index in [0.717, 1.165) is 0 Å². The molecular formula is C4H9Cl2NO2S. The van der Waals surface area contributed by atoms with Crippen molar-refractivity contribution in [2.24, 2.45) is 0 Å². The summed E-state index contributed by atoms with van der Waals surface area (Å²) in [7, 11) is 1.14. The van der Waals surface area contributed by atoms with Crippen LogP contribution in [0.3, 0.4) is 0 Å². The molecule has 62 valence electrons. The summed E-state index contributed by atoms with van der Waals surface area (Å²) >= 11 is 5.35. The number of halogens is 2. The number of hydrogen-bond acceptors (Lipinski definition) is 2. The minimum Gasteiger partial charge on any atom is -0.194 e. The maximum absolute atomic E-state index is 10.5. The van der Waals surface area contributed by atoms with Gasteiger partial charge >= 0.3 is 9.24 Å². The highest BCUT2D eigenvalue weighted by Gasteiger charge is 2.29. The number of nitrogens with zero attached hydrogens (tertiary/aromatic N) is 1. The Morgan fingerprint density at radius 3 is 1.60 bits per heavy atom. The molecule has 0 aromatic carbocycles. The Balaban J connectivity index is 4.56. The molecule has 0 spiro atoms. The van der Waals surface area contributed by atoms with Crippen molar-refractivity contribution < 1.29 is 8.42 Å². The van der Waals surface area contributed by atoms with Crippen LogP contribution in [-0.2, 0) is 9.24 Å². The van der Waals surface area contributed by atoms with Gasteiger partial charge in [0.25, 0.3) is 0 Å². The van der Waals surface area contributed by atoms with Crippen LogP contribution in [0.15, 0.2) is 0 Å². The smallest absolute Gasteiger partial charge is 0.194 e. The lowest BCUT2D eigenvalue weighted by Gasteiger charge is -2.24. The van der Waals surface area contributed by atoms with Gasteiger partial charge in [-0.1, -0.05) is 3.82 Å². The van der Waals surface area contributed by atoms with Crippen molar-refractivity contribution in [2.45, 2.75) is 26.3 Å². The Labute approximate surface area is 70.6 Å². The molecule has 3 nitrogen and oxygen atoms in total. The van der Waals surface area contributed by atoms with Crippen molar-refractivity contribution in [1.29, 1.82) is 0 Å². The minimum absolute atomic E-state index is 0.585. The van der Waals surface area contributed by atoms with Gasteiger partial charge in [-0.05, 0) is 32.5 Å². The van der Waals surface area contributed by atoms with Gasteiger partial charge in [-0.15, -0.1) is 0 Å². The van der Waals surface area contributed by atoms with Crippen molar-refractivity contribution >= 4 is 31.7 Å². The third kappa shape index (κ3) is 3.05. The van der Waals surface area contributed by atoms with E-state index in [1.54, 1.807) is 20.8 Å². The Morgan fingerprint density at radius 2 is 1.60 bits per heavy atom. The molecule has 0 aliphatic heterocycles. The zero-order valence-electron chi connectivity index (χ0n) is 5.93. The Hall–Kier alpha value is 0.490. The van der Waals surface area contributed by atoms with Crippen LogP contribution >= 0.6 is 22.5 Å². The van der Waals surface area contributed by atoms with Crippen LogP contribution < -0.4 is 0 Å². The lowest BCUT2D eigenvalue weighted by Crippen LogP contribution is -2.35. The van der Waals surface area contributed by atoms with Crippen LogP contribution in [-0.4, -0.2) is 17.8 Å². The number of hydrogen-bond donors (Lipinski definition) is 0. The summed E-state index contributed by atoms with van der Waals surface area (Å²) < 4.78 is 21.7. The van der Waals surface area contributed by atoms with Crippen molar-refractivity contribution in [3.05, 3.63) is 0 Å². The molecule has 0 fully saturated rings. The van der Waals surface area contributed by atoms with Gasteiger partial charge in [0.2, 0.25) is 0 Å². The van der Waals surface area contributed by atoms with E-state index in [0.29, 0.717) is 3.82 Å². The predicted molar refractivity (Wildman–Crippen MR) is 42.2 cm³/mol. The molecule has 0 rings (SSSR count). The van der Waals surface area contributed by atoms with E-state index >= 15 is 0 Å². The standard InChI is InChI=1S/C4H9Cl2NO2S/c1-4(2,3)7(5)10(6,8)9/h1-3H3. The number of rotatable bonds is 1. The summed E-state index contributed by atoms with van der Waals surface area (Å²) in [6.45, 7) is 4.92. The predicted octanol–water partition coefficient (Wildman–Crippen LogP) is 1.72. The second-order valence-electron chi connectivity index (χ2n) is 2.83. The highest BCUT2D eigenvalue weighted by atomic mass is 35.7. The van der Waals surface area contributed by atoms with Gasteiger partial charge in [-0.2, -0.15) is 8.42 Å². The first kappa shape index (κ1) is 10.5. The third-order valence-electron chi connectivity index (χ3n) is 0.719. The third-order valence-corrected chi connectivity index (χ3v) is 3.33. The zero-order chi connectivity index (χ0) is 8.58. The largest absolute Gasteiger partial charge is 0.313 e. The highest BCUT2D eigenvalue weighted by molar-refractivity contribution is 8.12. The monoisotopic (exact) mass is 205 g/mol. The van der Waals surface area contributed by atoms with Gasteiger partial charge in [0.1, 0.15) is 0 Å². The summed E-state index contributed by atoms with van der Waals surface area (Å²) in [5, 5.41) is 0. The summed E-state index contributed by atoms with van der Waals surface area (Å²) in [6, 6.07) is 0. The molecule has 0 saturated carbocycles. The average molecular weight is 206 g/mol. The SMILES string of the molecule is CC(C)(C)N(Cl)S(=O)(=O)Cl. The Bertz CT molecular complexity index is 206. The van der Waals surface area contributed by atoms with E-state index in [2.05, 4.69) is 0 Å². The summed E-state index contributed by atoms with van der Waals surface area (Å²) in [4.78, 5) is 0. The van der Waals surface area contributed by atoms with Gasteiger partial charge in [-0.3, -0.25) is 0 Å². The first-order valence-corrected chi connectivity index (χ1v) is 5.17. The van der Waals surface area contributed by atoms with Gasteiger partial charge in [0, 0.05) is 16.2 Å². The summed E-state index contributed by atoms with van der Waals surface area (Å²) in [6.07, 6.45) is 0. The van der Waals surface area contributed by atoms with E-state index in [9.17, 15) is 8.42 Å². The molecule has 0 aliphatic rings. The molecule has 0 saturated heterocycles. The molecule has 6 heteroatoms. The van der Waals surface area contributed by atoms with Crippen LogP contribution in [0.2, 0.25) is 0 Å². The van der Waals surface area contributed by atoms with E-state index in [-0.39, 0.29) is 0 Å². The molecular weight excluding hydrogens is 197 g/mol. The highest BCUT2D eigenvalue weighted by Crippen LogP contribution is 2.22. The topological polar surface area (TPSA) is 37.4 Å². The fourth-order valence-corrected chi connectivity index (χ4v) is 1.60. The van der Waals surface area contributed by atoms with E-state index in [1.165, 1.54) is 0 Å². The van der Waals surface area contributed by atoms with Gasteiger partial charge in [0.05, 0.1) is 0 Å². The molecule has 10 heavy (non-hydrogen) atoms. The minimum atomic E-state index is -3.79. The lowest BCUT2D eigenvalue weighted by atomic mass is 10.1. The van der Waals surface area contributed by atoms with Crippen molar-refractivity contribution in [1.82, 2.24) is 3.82 Å². The maximum Gasteiger partial charge on any atom is 0.313 e. The lowest BCUT2D eigenvalue weighted by molar-refractivity contribution is 0.375. The first-order chi connectivity index (χ1) is 4.15. The molecule has 0 aliphatic carbocycles. The van der Waals surface area contributed by atoms with Gasteiger partial charge in [-0.25, -0.2) is 0 Å². The normalized spacial score (nSPS) is 14.2. The zero-order valence-corrected chi connectivity index (χ0v) is 8.26. The molecule has 0 heterocycles. The Kier molecular flexibility index (Phi) is 2.99. The van der Waals surface area contributed by atoms with E-state index in [4.69, 9.17) is 22.5 Å². The second kappa shape index (κ2) is 2.85. The molecule has 0 aromatic rings. The molecule has 0 radical (unpaired) electrons. The molecule has 0 amide bonds. The molecule has 0 atom stereocenters. The summed E-state index contributed by atoms with van der Waals surface area (Å²) in [5.41, 5.74) is -0.678. The van der Waals surface area contributed by atoms with Crippen molar-refractivity contribution in [3.8, 4) is 0 Å². The molecule has 0 unspecified atom stereocenters. The second-order valence-corrected chi connectivity index (χ2v) is 5.73. The summed E-state index contributed by atoms with van der Waals surface area (Å²) in [5.74, 6) is 0. The van der Waals surface area contributed by atoms with Crippen LogP contribution in [0.4, 0.5) is 0 Å². The fraction of sp³-hybridized carbons (Fsp3) is 1.00. The fourth-order valence-electron chi connectivity index (χ4n) is 0.327. The maximum atomic E-state index is 10.5. The molecule has 0 bridgehead atoms.